The molecule has 2 heterocycles. The van der Waals surface area contributed by atoms with Crippen LogP contribution in [-0.4, -0.2) is 42.5 Å². The third-order valence-electron chi connectivity index (χ3n) is 3.53. The Bertz CT molecular complexity index is 585. The maximum atomic E-state index is 9.22. The molecule has 1 aliphatic rings. The topological polar surface area (TPSA) is 45.6 Å². The molecule has 0 radical (unpaired) electrons. The highest BCUT2D eigenvalue weighted by Gasteiger charge is 2.22. The molecule has 1 aromatic heterocycles. The van der Waals surface area contributed by atoms with E-state index < -0.39 is 0 Å². The smallest absolute Gasteiger partial charge is 0.132 e. The van der Waals surface area contributed by atoms with Crippen LogP contribution in [0, 0.1) is 6.92 Å². The lowest BCUT2D eigenvalue weighted by Crippen LogP contribution is -2.44. The molecule has 1 atom stereocenters. The molecule has 100 valence electrons. The van der Waals surface area contributed by atoms with Gasteiger partial charge in [0.1, 0.15) is 5.82 Å². The molecule has 1 unspecified atom stereocenters. The van der Waals surface area contributed by atoms with Gasteiger partial charge >= 0.3 is 0 Å². The number of nitrogens with zero attached hydrogens (tertiary/aromatic N) is 2. The molecule has 1 fully saturated rings. The summed E-state index contributed by atoms with van der Waals surface area (Å²) in [6.07, 6.45) is -0.110. The summed E-state index contributed by atoms with van der Waals surface area (Å²) in [5.74, 6) is 1.00. The molecule has 0 saturated carbocycles. The van der Waals surface area contributed by atoms with Gasteiger partial charge in [-0.25, -0.2) is 4.98 Å². The summed E-state index contributed by atoms with van der Waals surface area (Å²) in [6.45, 7) is 4.30. The number of aliphatic hydroxyl groups is 1. The number of ether oxygens (including phenoxy) is 1. The third-order valence-corrected chi connectivity index (χ3v) is 3.53. The van der Waals surface area contributed by atoms with Gasteiger partial charge in [-0.2, -0.15) is 0 Å². The van der Waals surface area contributed by atoms with Crippen molar-refractivity contribution in [2.45, 2.75) is 13.0 Å². The number of benzene rings is 1. The van der Waals surface area contributed by atoms with Crippen LogP contribution in [-0.2, 0) is 4.74 Å². The summed E-state index contributed by atoms with van der Waals surface area (Å²) in [4.78, 5) is 6.96. The summed E-state index contributed by atoms with van der Waals surface area (Å²) >= 11 is 0. The minimum Gasteiger partial charge on any atom is -0.394 e. The molecule has 2 aromatic rings. The van der Waals surface area contributed by atoms with Crippen LogP contribution in [0.1, 0.15) is 5.56 Å². The van der Waals surface area contributed by atoms with Crippen LogP contribution in [0.5, 0.6) is 0 Å². The van der Waals surface area contributed by atoms with Gasteiger partial charge in [0, 0.05) is 18.5 Å². The van der Waals surface area contributed by atoms with Gasteiger partial charge < -0.3 is 14.7 Å². The molecule has 1 aliphatic heterocycles. The monoisotopic (exact) mass is 258 g/mol. The average molecular weight is 258 g/mol. The summed E-state index contributed by atoms with van der Waals surface area (Å²) in [5.41, 5.74) is 2.17. The van der Waals surface area contributed by atoms with E-state index in [2.05, 4.69) is 24.0 Å². The van der Waals surface area contributed by atoms with Gasteiger partial charge in [0.15, 0.2) is 0 Å². The molecule has 0 amide bonds. The van der Waals surface area contributed by atoms with Gasteiger partial charge in [-0.1, -0.05) is 18.2 Å². The van der Waals surface area contributed by atoms with Gasteiger partial charge in [-0.3, -0.25) is 0 Å². The van der Waals surface area contributed by atoms with Gasteiger partial charge in [0.2, 0.25) is 0 Å². The molecule has 1 saturated heterocycles. The number of para-hydroxylation sites is 1. The molecule has 0 aliphatic carbocycles. The van der Waals surface area contributed by atoms with Crippen molar-refractivity contribution in [1.82, 2.24) is 4.98 Å². The fraction of sp³-hybridized carbons (Fsp3) is 0.400. The quantitative estimate of drug-likeness (QED) is 0.891. The molecule has 3 rings (SSSR count). The molecular formula is C15H18N2O2. The highest BCUT2D eigenvalue weighted by Crippen LogP contribution is 2.24. The van der Waals surface area contributed by atoms with Crippen LogP contribution in [0.3, 0.4) is 0 Å². The Hall–Kier alpha value is -1.65. The first-order valence-corrected chi connectivity index (χ1v) is 6.62. The summed E-state index contributed by atoms with van der Waals surface area (Å²) in [5, 5.41) is 10.4. The number of rotatable bonds is 2. The Morgan fingerprint density at radius 2 is 2.26 bits per heavy atom. The number of aliphatic hydroxyl groups excluding tert-OH is 1. The Balaban J connectivity index is 1.97. The minimum atomic E-state index is -0.110. The van der Waals surface area contributed by atoms with Crippen LogP contribution in [0.4, 0.5) is 5.82 Å². The first-order valence-electron chi connectivity index (χ1n) is 6.62. The van der Waals surface area contributed by atoms with E-state index in [4.69, 9.17) is 9.72 Å². The zero-order chi connectivity index (χ0) is 13.2. The molecule has 4 heteroatoms. The second-order valence-electron chi connectivity index (χ2n) is 4.94. The predicted octanol–water partition coefficient (Wildman–Crippen LogP) is 1.74. The molecule has 4 nitrogen and oxygen atoms in total. The summed E-state index contributed by atoms with van der Waals surface area (Å²) < 4.78 is 5.49. The van der Waals surface area contributed by atoms with Crippen LogP contribution in [0.15, 0.2) is 30.3 Å². The largest absolute Gasteiger partial charge is 0.394 e. The van der Waals surface area contributed by atoms with E-state index in [0.717, 1.165) is 28.8 Å². The lowest BCUT2D eigenvalue weighted by atomic mass is 10.1. The molecule has 1 N–H and O–H groups in total. The minimum absolute atomic E-state index is 0.0587. The van der Waals surface area contributed by atoms with Crippen molar-refractivity contribution in [3.63, 3.8) is 0 Å². The summed E-state index contributed by atoms with van der Waals surface area (Å²) in [7, 11) is 0. The number of pyridine rings is 1. The fourth-order valence-electron chi connectivity index (χ4n) is 2.55. The molecule has 1 aromatic carbocycles. The van der Waals surface area contributed by atoms with Gasteiger partial charge in [0.25, 0.3) is 0 Å². The normalized spacial score (nSPS) is 19.9. The Morgan fingerprint density at radius 1 is 1.42 bits per heavy atom. The van der Waals surface area contributed by atoms with Crippen LogP contribution in [0.2, 0.25) is 0 Å². The Morgan fingerprint density at radius 3 is 3.11 bits per heavy atom. The molecule has 19 heavy (non-hydrogen) atoms. The number of anilines is 1. The summed E-state index contributed by atoms with van der Waals surface area (Å²) in [6, 6.07) is 10.3. The second kappa shape index (κ2) is 5.15. The standard InChI is InChI=1S/C15H18N2O2/c1-11-8-12-4-2-3-5-14(12)16-15(11)17-6-7-19-13(9-17)10-18/h2-5,8,13,18H,6-7,9-10H2,1H3. The van der Waals surface area contributed by atoms with Crippen molar-refractivity contribution in [2.75, 3.05) is 31.2 Å². The van der Waals surface area contributed by atoms with Crippen LogP contribution >= 0.6 is 0 Å². The number of hydrogen-bond acceptors (Lipinski definition) is 4. The van der Waals surface area contributed by atoms with E-state index in [9.17, 15) is 5.11 Å². The van der Waals surface area contributed by atoms with Crippen molar-refractivity contribution in [1.29, 1.82) is 0 Å². The van der Waals surface area contributed by atoms with Crippen molar-refractivity contribution in [2.24, 2.45) is 0 Å². The Kier molecular flexibility index (Phi) is 3.36. The molecule has 0 bridgehead atoms. The van der Waals surface area contributed by atoms with Crippen molar-refractivity contribution in [3.8, 4) is 0 Å². The number of aromatic nitrogens is 1. The van der Waals surface area contributed by atoms with E-state index in [1.165, 1.54) is 0 Å². The fourth-order valence-corrected chi connectivity index (χ4v) is 2.55. The zero-order valence-corrected chi connectivity index (χ0v) is 11.0. The van der Waals surface area contributed by atoms with Gasteiger partial charge in [-0.15, -0.1) is 0 Å². The zero-order valence-electron chi connectivity index (χ0n) is 11.0. The SMILES string of the molecule is Cc1cc2ccccc2nc1N1CCOC(CO)C1. The average Bonchev–Trinajstić information content (AvgIpc) is 2.46. The molecular weight excluding hydrogens is 240 g/mol. The van der Waals surface area contributed by atoms with Crippen LogP contribution < -0.4 is 4.90 Å². The third kappa shape index (κ3) is 2.41. The van der Waals surface area contributed by atoms with E-state index in [0.29, 0.717) is 13.2 Å². The maximum Gasteiger partial charge on any atom is 0.132 e. The highest BCUT2D eigenvalue weighted by molar-refractivity contribution is 5.81. The van der Waals surface area contributed by atoms with Crippen molar-refractivity contribution < 1.29 is 9.84 Å². The predicted molar refractivity (Wildman–Crippen MR) is 75.5 cm³/mol. The number of morpholine rings is 1. The lowest BCUT2D eigenvalue weighted by Gasteiger charge is -2.33. The lowest BCUT2D eigenvalue weighted by molar-refractivity contribution is 0.00335. The number of hydrogen-bond donors (Lipinski definition) is 1. The Labute approximate surface area is 112 Å². The number of fused-ring (bicyclic) bond motifs is 1. The first kappa shape index (κ1) is 12.4. The highest BCUT2D eigenvalue weighted by atomic mass is 16.5. The van der Waals surface area contributed by atoms with E-state index in [1.54, 1.807) is 0 Å². The number of aryl methyl sites for hydroxylation is 1. The van der Waals surface area contributed by atoms with E-state index in [1.807, 2.05) is 18.2 Å². The maximum absolute atomic E-state index is 9.22. The first-order chi connectivity index (χ1) is 9.28. The van der Waals surface area contributed by atoms with Crippen molar-refractivity contribution >= 4 is 16.7 Å². The van der Waals surface area contributed by atoms with Crippen molar-refractivity contribution in [3.05, 3.63) is 35.9 Å². The van der Waals surface area contributed by atoms with Gasteiger partial charge in [0.05, 0.1) is 24.8 Å². The van der Waals surface area contributed by atoms with Crippen LogP contribution in [0.25, 0.3) is 10.9 Å². The second-order valence-corrected chi connectivity index (χ2v) is 4.94. The van der Waals surface area contributed by atoms with E-state index in [-0.39, 0.29) is 12.7 Å². The van der Waals surface area contributed by atoms with E-state index >= 15 is 0 Å². The molecule has 0 spiro atoms. The van der Waals surface area contributed by atoms with Gasteiger partial charge in [-0.05, 0) is 24.6 Å².